The molecule has 0 aromatic heterocycles. The predicted molar refractivity (Wildman–Crippen MR) is 60.5 cm³/mol. The van der Waals surface area contributed by atoms with Gasteiger partial charge in [0.1, 0.15) is 5.75 Å². The van der Waals surface area contributed by atoms with Gasteiger partial charge in [-0.05, 0) is 30.7 Å². The fourth-order valence-corrected chi connectivity index (χ4v) is 1.56. The van der Waals surface area contributed by atoms with Crippen molar-refractivity contribution in [3.63, 3.8) is 0 Å². The van der Waals surface area contributed by atoms with E-state index in [1.165, 1.54) is 12.8 Å². The number of rotatable bonds is 6. The lowest BCUT2D eigenvalue weighted by atomic mass is 10.3. The fraction of sp³-hybridized carbons (Fsp3) is 0.455. The molecule has 1 unspecified atom stereocenters. The lowest BCUT2D eigenvalue weighted by molar-refractivity contribution is 0.306. The van der Waals surface area contributed by atoms with Crippen LogP contribution in [0.25, 0.3) is 0 Å². The molecule has 0 saturated heterocycles. The Morgan fingerprint density at radius 1 is 1.27 bits per heavy atom. The first-order valence-corrected chi connectivity index (χ1v) is 6.18. The lowest BCUT2D eigenvalue weighted by Crippen LogP contribution is -1.97. The minimum atomic E-state index is -1.90. The summed E-state index contributed by atoms with van der Waals surface area (Å²) in [6, 6.07) is 6.64. The van der Waals surface area contributed by atoms with E-state index in [1.807, 2.05) is 0 Å². The predicted octanol–water partition coefficient (Wildman–Crippen LogP) is 2.84. The molecule has 0 bridgehead atoms. The van der Waals surface area contributed by atoms with Gasteiger partial charge in [-0.1, -0.05) is 19.8 Å². The zero-order valence-corrected chi connectivity index (χ0v) is 9.63. The molecule has 0 heterocycles. The minimum Gasteiger partial charge on any atom is -0.494 e. The first kappa shape index (κ1) is 12.2. The average Bonchev–Trinajstić information content (AvgIpc) is 2.25. The largest absolute Gasteiger partial charge is 0.494 e. The van der Waals surface area contributed by atoms with Gasteiger partial charge in [0.25, 0.3) is 0 Å². The Hall–Kier alpha value is -0.870. The highest BCUT2D eigenvalue weighted by Crippen LogP contribution is 2.14. The zero-order chi connectivity index (χ0) is 11.1. The molecule has 1 aromatic rings. The maximum absolute atomic E-state index is 10.7. The van der Waals surface area contributed by atoms with Crippen molar-refractivity contribution in [1.82, 2.24) is 0 Å². The number of hydrogen-bond acceptors (Lipinski definition) is 2. The van der Waals surface area contributed by atoms with E-state index in [-0.39, 0.29) is 0 Å². The zero-order valence-electron chi connectivity index (χ0n) is 8.81. The van der Waals surface area contributed by atoms with Crippen molar-refractivity contribution < 1.29 is 13.5 Å². The van der Waals surface area contributed by atoms with Crippen molar-refractivity contribution in [2.75, 3.05) is 6.61 Å². The van der Waals surface area contributed by atoms with Crippen molar-refractivity contribution in [2.24, 2.45) is 0 Å². The Bertz CT molecular complexity index is 308. The van der Waals surface area contributed by atoms with E-state index in [4.69, 9.17) is 9.29 Å². The maximum atomic E-state index is 10.7. The van der Waals surface area contributed by atoms with Crippen LogP contribution in [0, 0.1) is 0 Å². The summed E-state index contributed by atoms with van der Waals surface area (Å²) in [5, 5.41) is 0. The second kappa shape index (κ2) is 6.58. The molecule has 0 spiro atoms. The highest BCUT2D eigenvalue weighted by molar-refractivity contribution is 7.79. The summed E-state index contributed by atoms with van der Waals surface area (Å²) in [5.41, 5.74) is 0. The molecule has 1 atom stereocenters. The van der Waals surface area contributed by atoms with Crippen LogP contribution in [0.4, 0.5) is 0 Å². The van der Waals surface area contributed by atoms with Gasteiger partial charge >= 0.3 is 0 Å². The van der Waals surface area contributed by atoms with Crippen LogP contribution in [-0.4, -0.2) is 15.4 Å². The van der Waals surface area contributed by atoms with Crippen LogP contribution in [0.1, 0.15) is 26.2 Å². The Morgan fingerprint density at radius 3 is 2.47 bits per heavy atom. The molecule has 0 aliphatic carbocycles. The molecule has 0 saturated carbocycles. The third kappa shape index (κ3) is 4.44. The van der Waals surface area contributed by atoms with E-state index < -0.39 is 11.1 Å². The van der Waals surface area contributed by atoms with E-state index >= 15 is 0 Å². The summed E-state index contributed by atoms with van der Waals surface area (Å²) in [7, 11) is 0. The van der Waals surface area contributed by atoms with E-state index in [0.29, 0.717) is 11.5 Å². The molecular weight excluding hydrogens is 212 g/mol. The third-order valence-corrected chi connectivity index (χ3v) is 2.72. The Labute approximate surface area is 92.7 Å². The summed E-state index contributed by atoms with van der Waals surface area (Å²) >= 11 is -1.90. The summed E-state index contributed by atoms with van der Waals surface area (Å²) in [6.45, 7) is 2.85. The first-order valence-electron chi connectivity index (χ1n) is 5.07. The first-order chi connectivity index (χ1) is 7.24. The fourth-order valence-electron chi connectivity index (χ4n) is 1.19. The molecule has 0 aliphatic rings. The minimum absolute atomic E-state index is 0.399. The third-order valence-electron chi connectivity index (χ3n) is 2.04. The highest BCUT2D eigenvalue weighted by Gasteiger charge is 1.99. The van der Waals surface area contributed by atoms with Gasteiger partial charge in [-0.25, -0.2) is 4.21 Å². The van der Waals surface area contributed by atoms with Crippen molar-refractivity contribution in [2.45, 2.75) is 31.1 Å². The van der Waals surface area contributed by atoms with Crippen molar-refractivity contribution in [3.05, 3.63) is 24.3 Å². The molecule has 84 valence electrons. The normalized spacial score (nSPS) is 12.4. The molecule has 1 aromatic carbocycles. The topological polar surface area (TPSA) is 46.5 Å². The molecule has 4 heteroatoms. The Kier molecular flexibility index (Phi) is 5.36. The van der Waals surface area contributed by atoms with E-state index in [9.17, 15) is 4.21 Å². The monoisotopic (exact) mass is 228 g/mol. The molecule has 0 radical (unpaired) electrons. The van der Waals surface area contributed by atoms with E-state index in [2.05, 4.69) is 6.92 Å². The van der Waals surface area contributed by atoms with Crippen molar-refractivity contribution in [1.29, 1.82) is 0 Å². The quantitative estimate of drug-likeness (QED) is 0.601. The molecule has 0 amide bonds. The summed E-state index contributed by atoms with van der Waals surface area (Å²) in [5.74, 6) is 0.750. The number of unbranched alkanes of at least 4 members (excludes halogenated alkanes) is 2. The number of hydrogen-bond donors (Lipinski definition) is 1. The molecule has 0 fully saturated rings. The molecule has 1 rings (SSSR count). The van der Waals surface area contributed by atoms with Gasteiger partial charge < -0.3 is 9.29 Å². The molecule has 0 aliphatic heterocycles. The second-order valence-corrected chi connectivity index (χ2v) is 4.25. The Balaban J connectivity index is 2.39. The SMILES string of the molecule is CCCCCOc1ccc(S(=O)O)cc1. The van der Waals surface area contributed by atoms with Crippen LogP contribution >= 0.6 is 0 Å². The Morgan fingerprint density at radius 2 is 1.93 bits per heavy atom. The average molecular weight is 228 g/mol. The van der Waals surface area contributed by atoms with Gasteiger partial charge in [0.15, 0.2) is 11.1 Å². The molecule has 1 N–H and O–H groups in total. The van der Waals surface area contributed by atoms with Gasteiger partial charge in [-0.2, -0.15) is 0 Å². The smallest absolute Gasteiger partial charge is 0.186 e. The molecule has 3 nitrogen and oxygen atoms in total. The number of ether oxygens (including phenoxy) is 1. The van der Waals surface area contributed by atoms with Crippen molar-refractivity contribution in [3.8, 4) is 5.75 Å². The van der Waals surface area contributed by atoms with Crippen LogP contribution in [0.3, 0.4) is 0 Å². The summed E-state index contributed by atoms with van der Waals surface area (Å²) in [6.07, 6.45) is 3.38. The van der Waals surface area contributed by atoms with Crippen LogP contribution in [-0.2, 0) is 11.1 Å². The van der Waals surface area contributed by atoms with E-state index in [0.717, 1.165) is 12.2 Å². The summed E-state index contributed by atoms with van der Waals surface area (Å²) < 4.78 is 24.9. The highest BCUT2D eigenvalue weighted by atomic mass is 32.2. The van der Waals surface area contributed by atoms with Gasteiger partial charge in [-0.3, -0.25) is 0 Å². The summed E-state index contributed by atoms with van der Waals surface area (Å²) in [4.78, 5) is 0.399. The second-order valence-electron chi connectivity index (χ2n) is 3.28. The van der Waals surface area contributed by atoms with Gasteiger partial charge in [0, 0.05) is 0 Å². The van der Waals surface area contributed by atoms with E-state index in [1.54, 1.807) is 24.3 Å². The lowest BCUT2D eigenvalue weighted by Gasteiger charge is -2.05. The molecule has 15 heavy (non-hydrogen) atoms. The van der Waals surface area contributed by atoms with Crippen LogP contribution in [0.2, 0.25) is 0 Å². The molecular formula is C11H16O3S. The number of benzene rings is 1. The van der Waals surface area contributed by atoms with Gasteiger partial charge in [0.2, 0.25) is 0 Å². The van der Waals surface area contributed by atoms with Gasteiger partial charge in [0.05, 0.1) is 11.5 Å². The van der Waals surface area contributed by atoms with Crippen molar-refractivity contribution >= 4 is 11.1 Å². The van der Waals surface area contributed by atoms with Crippen LogP contribution in [0.15, 0.2) is 29.2 Å². The maximum Gasteiger partial charge on any atom is 0.186 e. The van der Waals surface area contributed by atoms with Crippen LogP contribution < -0.4 is 4.74 Å². The van der Waals surface area contributed by atoms with Gasteiger partial charge in [-0.15, -0.1) is 0 Å². The van der Waals surface area contributed by atoms with Crippen LogP contribution in [0.5, 0.6) is 5.75 Å². The standard InChI is InChI=1S/C11H16O3S/c1-2-3-4-9-14-10-5-7-11(8-6-10)15(12)13/h5-8H,2-4,9H2,1H3,(H,12,13).